The number of nitrogens with zero attached hydrogens (tertiary/aromatic N) is 4. The van der Waals surface area contributed by atoms with Gasteiger partial charge in [-0.25, -0.2) is 4.98 Å². The maximum Gasteiger partial charge on any atom is 0.285 e. The lowest BCUT2D eigenvalue weighted by Crippen LogP contribution is -2.28. The van der Waals surface area contributed by atoms with Crippen molar-refractivity contribution >= 4 is 22.8 Å². The summed E-state index contributed by atoms with van der Waals surface area (Å²) in [5.41, 5.74) is 9.92. The number of rotatable bonds is 9. The summed E-state index contributed by atoms with van der Waals surface area (Å²) in [6.45, 7) is 6.96. The molecule has 0 saturated carbocycles. The summed E-state index contributed by atoms with van der Waals surface area (Å²) in [5, 5.41) is 3.55. The largest absolute Gasteiger partial charge is 0.481 e. The van der Waals surface area contributed by atoms with Crippen molar-refractivity contribution in [2.24, 2.45) is 16.6 Å². The number of amides is 1. The van der Waals surface area contributed by atoms with Crippen molar-refractivity contribution in [3.8, 4) is 5.88 Å². The zero-order chi connectivity index (χ0) is 23.9. The molecule has 34 heavy (non-hydrogen) atoms. The van der Waals surface area contributed by atoms with Gasteiger partial charge in [0.05, 0.1) is 18.1 Å². The van der Waals surface area contributed by atoms with Crippen molar-refractivity contribution in [3.05, 3.63) is 53.4 Å². The van der Waals surface area contributed by atoms with Crippen LogP contribution in [0.15, 0.2) is 52.9 Å². The fourth-order valence-corrected chi connectivity index (χ4v) is 4.26. The van der Waals surface area contributed by atoms with Crippen molar-refractivity contribution in [1.82, 2.24) is 20.2 Å². The van der Waals surface area contributed by atoms with E-state index in [4.69, 9.17) is 15.2 Å². The Morgan fingerprint density at radius 3 is 3.09 bits per heavy atom. The third-order valence-corrected chi connectivity index (χ3v) is 6.12. The maximum absolute atomic E-state index is 11.2. The van der Waals surface area contributed by atoms with Crippen molar-refractivity contribution < 1.29 is 14.3 Å². The van der Waals surface area contributed by atoms with Gasteiger partial charge in [0.15, 0.2) is 18.2 Å². The average Bonchev–Trinajstić information content (AvgIpc) is 3.29. The lowest BCUT2D eigenvalue weighted by atomic mass is 10.1. The molecule has 0 aromatic carbocycles. The van der Waals surface area contributed by atoms with Gasteiger partial charge in [-0.3, -0.25) is 9.78 Å². The van der Waals surface area contributed by atoms with Crippen LogP contribution in [-0.2, 0) is 16.0 Å². The molecule has 2 aliphatic rings. The van der Waals surface area contributed by atoms with Gasteiger partial charge in [-0.05, 0) is 62.5 Å². The van der Waals surface area contributed by atoms with Crippen LogP contribution in [0.2, 0.25) is 0 Å². The van der Waals surface area contributed by atoms with Crippen LogP contribution in [0, 0.1) is 5.92 Å². The molecular weight excluding hydrogens is 432 g/mol. The van der Waals surface area contributed by atoms with Crippen LogP contribution in [0.5, 0.6) is 5.88 Å². The van der Waals surface area contributed by atoms with E-state index in [9.17, 15) is 4.79 Å². The first-order valence-corrected chi connectivity index (χ1v) is 11.6. The number of nitrogens with one attached hydrogen (secondary N) is 1. The zero-order valence-electron chi connectivity index (χ0n) is 19.8. The van der Waals surface area contributed by atoms with E-state index in [1.807, 2.05) is 31.3 Å². The molecule has 2 aromatic rings. The standard InChI is InChI=1S/C25H32N6O3/c1-17(3-5-21-25(26)29-22(32)16-34-21)13-27-14-18-8-11-31(15-18)12-9-19-7-10-28-20-4-6-23(33-2)30-24(19)20/h3-7,10,18,27H,8-9,11-16H2,1-2H3,(H2,26,29,32)/b17-3+,21-5+. The first-order valence-electron chi connectivity index (χ1n) is 11.6. The maximum atomic E-state index is 11.2. The highest BCUT2D eigenvalue weighted by molar-refractivity contribution is 6.04. The first kappa shape index (κ1) is 23.8. The zero-order valence-corrected chi connectivity index (χ0v) is 19.8. The predicted octanol–water partition coefficient (Wildman–Crippen LogP) is 1.84. The van der Waals surface area contributed by atoms with Crippen LogP contribution in [0.1, 0.15) is 18.9 Å². The Bertz CT molecular complexity index is 1130. The van der Waals surface area contributed by atoms with Gasteiger partial charge in [-0.15, -0.1) is 0 Å². The topological polar surface area (TPSA) is 115 Å². The predicted molar refractivity (Wildman–Crippen MR) is 132 cm³/mol. The summed E-state index contributed by atoms with van der Waals surface area (Å²) < 4.78 is 10.6. The van der Waals surface area contributed by atoms with E-state index >= 15 is 0 Å². The fraction of sp³-hybridized carbons (Fsp3) is 0.440. The first-order chi connectivity index (χ1) is 16.5. The van der Waals surface area contributed by atoms with Gasteiger partial charge in [0, 0.05) is 31.9 Å². The minimum absolute atomic E-state index is 0.0576. The highest BCUT2D eigenvalue weighted by Crippen LogP contribution is 2.21. The SMILES string of the molecule is COc1ccc2nccc(CCN3CCC(CNC/C(C)=C/C=C4/OCC(=O)N=C4N)C3)c2n1. The molecule has 1 unspecified atom stereocenters. The molecule has 4 heterocycles. The molecule has 9 heteroatoms. The molecule has 1 saturated heterocycles. The normalized spacial score (nSPS) is 20.6. The van der Waals surface area contributed by atoms with E-state index in [2.05, 4.69) is 31.2 Å². The number of methoxy groups -OCH3 is 1. The number of nitrogens with two attached hydrogens (primary N) is 1. The molecule has 1 amide bonds. The summed E-state index contributed by atoms with van der Waals surface area (Å²) in [4.78, 5) is 26.4. The molecule has 180 valence electrons. The van der Waals surface area contributed by atoms with Crippen molar-refractivity contribution in [3.63, 3.8) is 0 Å². The Balaban J connectivity index is 1.21. The number of hydrogen-bond acceptors (Lipinski definition) is 8. The van der Waals surface area contributed by atoms with Crippen LogP contribution in [0.3, 0.4) is 0 Å². The van der Waals surface area contributed by atoms with Crippen molar-refractivity contribution in [1.29, 1.82) is 0 Å². The minimum atomic E-state index is -0.353. The highest BCUT2D eigenvalue weighted by Gasteiger charge is 2.22. The quantitative estimate of drug-likeness (QED) is 0.578. The molecule has 9 nitrogen and oxygen atoms in total. The minimum Gasteiger partial charge on any atom is -0.481 e. The molecule has 2 aliphatic heterocycles. The van der Waals surface area contributed by atoms with E-state index in [1.54, 1.807) is 13.2 Å². The third kappa shape index (κ3) is 6.18. The molecule has 0 spiro atoms. The number of carbonyl (C=O) groups excluding carboxylic acids is 1. The Labute approximate surface area is 199 Å². The summed E-state index contributed by atoms with van der Waals surface area (Å²) in [6, 6.07) is 5.87. The van der Waals surface area contributed by atoms with Gasteiger partial charge in [-0.1, -0.05) is 11.6 Å². The summed E-state index contributed by atoms with van der Waals surface area (Å²) >= 11 is 0. The van der Waals surface area contributed by atoms with Crippen LogP contribution >= 0.6 is 0 Å². The number of fused-ring (bicyclic) bond motifs is 1. The lowest BCUT2D eigenvalue weighted by molar-refractivity contribution is -0.121. The Hall–Kier alpha value is -3.30. The van der Waals surface area contributed by atoms with Gasteiger partial charge >= 0.3 is 0 Å². The number of amidine groups is 1. The van der Waals surface area contributed by atoms with Gasteiger partial charge in [0.1, 0.15) is 0 Å². The summed E-state index contributed by atoms with van der Waals surface area (Å²) in [6.07, 6.45) is 7.71. The Morgan fingerprint density at radius 2 is 2.26 bits per heavy atom. The van der Waals surface area contributed by atoms with Gasteiger partial charge in [0.25, 0.3) is 5.91 Å². The number of carbonyl (C=O) groups is 1. The molecule has 1 fully saturated rings. The van der Waals surface area contributed by atoms with E-state index in [1.165, 1.54) is 12.0 Å². The second-order valence-corrected chi connectivity index (χ2v) is 8.75. The van der Waals surface area contributed by atoms with Gasteiger partial charge in [-0.2, -0.15) is 4.99 Å². The Kier molecular flexibility index (Phi) is 7.87. The summed E-state index contributed by atoms with van der Waals surface area (Å²) in [7, 11) is 1.64. The Morgan fingerprint density at radius 1 is 1.38 bits per heavy atom. The molecule has 3 N–H and O–H groups in total. The number of aliphatic imine (C=N–C) groups is 1. The molecule has 0 aliphatic carbocycles. The lowest BCUT2D eigenvalue weighted by Gasteiger charge is -2.17. The average molecular weight is 465 g/mol. The molecule has 1 atom stereocenters. The van der Waals surface area contributed by atoms with Crippen LogP contribution in [0.4, 0.5) is 0 Å². The summed E-state index contributed by atoms with van der Waals surface area (Å²) in [5.74, 6) is 1.48. The van der Waals surface area contributed by atoms with Crippen LogP contribution < -0.4 is 15.8 Å². The van der Waals surface area contributed by atoms with E-state index < -0.39 is 0 Å². The number of allylic oxidation sites excluding steroid dienone is 2. The number of pyridine rings is 2. The number of ether oxygens (including phenoxy) is 2. The van der Waals surface area contributed by atoms with Crippen LogP contribution in [-0.4, -0.2) is 73.1 Å². The smallest absolute Gasteiger partial charge is 0.285 e. The van der Waals surface area contributed by atoms with Gasteiger partial charge < -0.3 is 25.4 Å². The number of hydrogen-bond donors (Lipinski definition) is 2. The number of likely N-dealkylation sites (tertiary alicyclic amines) is 1. The van der Waals surface area contributed by atoms with E-state index in [0.717, 1.165) is 55.8 Å². The molecule has 2 aromatic heterocycles. The second kappa shape index (κ2) is 11.2. The van der Waals surface area contributed by atoms with Gasteiger partial charge in [0.2, 0.25) is 5.88 Å². The number of aromatic nitrogens is 2. The third-order valence-electron chi connectivity index (χ3n) is 6.12. The highest BCUT2D eigenvalue weighted by atomic mass is 16.5. The molecule has 4 rings (SSSR count). The van der Waals surface area contributed by atoms with Crippen LogP contribution in [0.25, 0.3) is 11.0 Å². The molecule has 0 bridgehead atoms. The molecule has 0 radical (unpaired) electrons. The van der Waals surface area contributed by atoms with Crippen molar-refractivity contribution in [2.45, 2.75) is 19.8 Å². The second-order valence-electron chi connectivity index (χ2n) is 8.75. The van der Waals surface area contributed by atoms with E-state index in [0.29, 0.717) is 17.6 Å². The fourth-order valence-electron chi connectivity index (χ4n) is 4.26. The van der Waals surface area contributed by atoms with E-state index in [-0.39, 0.29) is 18.3 Å². The molecular formula is C25H32N6O3. The van der Waals surface area contributed by atoms with Crippen molar-refractivity contribution in [2.75, 3.05) is 46.4 Å². The monoisotopic (exact) mass is 464 g/mol.